The number of carboxylic acids is 1. The maximum Gasteiger partial charge on any atom is 0.326 e. The van der Waals surface area contributed by atoms with Crippen molar-refractivity contribution in [3.8, 4) is 0 Å². The molecule has 6 nitrogen and oxygen atoms in total. The standard InChI is InChI=1S/C22H20BrNO5S/c23-16-10-8-14(9-11-16)20(26)18(30-22(29)15-5-2-1-3-6-15)13-19(25)24-12-4-7-17(24)21(27)28/h1-3,5-6,8-11,17-18H,4,7,12-13H2,(H,27,28). The number of aliphatic carboxylic acids is 1. The minimum absolute atomic E-state index is 0.234. The molecule has 2 unspecified atom stereocenters. The number of carbonyl (C=O) groups is 4. The van der Waals surface area contributed by atoms with E-state index in [9.17, 15) is 24.3 Å². The summed E-state index contributed by atoms with van der Waals surface area (Å²) >= 11 is 4.13. The molecule has 0 aromatic heterocycles. The van der Waals surface area contributed by atoms with Crippen LogP contribution in [-0.2, 0) is 9.59 Å². The highest BCUT2D eigenvalue weighted by Crippen LogP contribution is 2.27. The van der Waals surface area contributed by atoms with E-state index in [0.717, 1.165) is 16.2 Å². The number of ketones is 1. The van der Waals surface area contributed by atoms with Crippen molar-refractivity contribution in [2.45, 2.75) is 30.6 Å². The molecule has 8 heteroatoms. The van der Waals surface area contributed by atoms with Crippen LogP contribution in [0.1, 0.15) is 40.0 Å². The molecule has 1 saturated heterocycles. The molecular weight excluding hydrogens is 470 g/mol. The third kappa shape index (κ3) is 5.37. The number of rotatable bonds is 7. The Morgan fingerprint density at radius 2 is 1.70 bits per heavy atom. The third-order valence-corrected chi connectivity index (χ3v) is 6.54. The summed E-state index contributed by atoms with van der Waals surface area (Å²) in [6.45, 7) is 0.340. The quantitative estimate of drug-likeness (QED) is 0.590. The van der Waals surface area contributed by atoms with Crippen molar-refractivity contribution in [2.24, 2.45) is 0 Å². The molecule has 156 valence electrons. The van der Waals surface area contributed by atoms with E-state index in [1.165, 1.54) is 4.90 Å². The van der Waals surface area contributed by atoms with Crippen LogP contribution in [-0.4, -0.2) is 50.6 Å². The van der Waals surface area contributed by atoms with Gasteiger partial charge in [0.15, 0.2) is 5.78 Å². The van der Waals surface area contributed by atoms with Gasteiger partial charge in [-0.05, 0) is 25.0 Å². The Bertz CT molecular complexity index is 948. The van der Waals surface area contributed by atoms with Crippen molar-refractivity contribution in [3.05, 3.63) is 70.2 Å². The monoisotopic (exact) mass is 489 g/mol. The molecule has 1 aliphatic rings. The maximum absolute atomic E-state index is 13.1. The topological polar surface area (TPSA) is 91.8 Å². The van der Waals surface area contributed by atoms with Crippen LogP contribution in [0, 0.1) is 0 Å². The summed E-state index contributed by atoms with van der Waals surface area (Å²) in [6.07, 6.45) is 0.758. The Kier molecular flexibility index (Phi) is 7.44. The number of carboxylic acid groups (broad SMARTS) is 1. The first kappa shape index (κ1) is 22.2. The number of likely N-dealkylation sites (tertiary alicyclic amines) is 1. The largest absolute Gasteiger partial charge is 0.480 e. The number of hydrogen-bond acceptors (Lipinski definition) is 5. The lowest BCUT2D eigenvalue weighted by Gasteiger charge is -2.23. The number of halogens is 1. The van der Waals surface area contributed by atoms with E-state index in [1.54, 1.807) is 54.6 Å². The fraction of sp³-hybridized carbons (Fsp3) is 0.273. The highest BCUT2D eigenvalue weighted by molar-refractivity contribution is 9.10. The van der Waals surface area contributed by atoms with Crippen molar-refractivity contribution in [1.29, 1.82) is 0 Å². The van der Waals surface area contributed by atoms with Crippen LogP contribution >= 0.6 is 27.7 Å². The summed E-state index contributed by atoms with van der Waals surface area (Å²) in [4.78, 5) is 51.4. The Hall–Kier alpha value is -2.45. The van der Waals surface area contributed by atoms with Crippen LogP contribution in [0.4, 0.5) is 0 Å². The molecule has 0 bridgehead atoms. The first-order valence-corrected chi connectivity index (χ1v) is 11.1. The maximum atomic E-state index is 13.1. The molecule has 3 rings (SSSR count). The van der Waals surface area contributed by atoms with Gasteiger partial charge in [-0.3, -0.25) is 14.4 Å². The summed E-state index contributed by atoms with van der Waals surface area (Å²) in [7, 11) is 0. The first-order chi connectivity index (χ1) is 14.4. The molecule has 1 heterocycles. The summed E-state index contributed by atoms with van der Waals surface area (Å²) in [5.74, 6) is -1.82. The van der Waals surface area contributed by atoms with E-state index in [1.807, 2.05) is 0 Å². The van der Waals surface area contributed by atoms with Crippen LogP contribution in [0.3, 0.4) is 0 Å². The number of hydrogen-bond donors (Lipinski definition) is 1. The van der Waals surface area contributed by atoms with E-state index in [0.29, 0.717) is 30.5 Å². The second-order valence-corrected chi connectivity index (χ2v) is 9.01. The normalized spacial score (nSPS) is 16.8. The lowest BCUT2D eigenvalue weighted by Crippen LogP contribution is -2.42. The van der Waals surface area contributed by atoms with Gasteiger partial charge in [-0.25, -0.2) is 4.79 Å². The molecule has 2 atom stereocenters. The van der Waals surface area contributed by atoms with Crippen molar-refractivity contribution in [3.63, 3.8) is 0 Å². The van der Waals surface area contributed by atoms with Crippen LogP contribution in [0.15, 0.2) is 59.1 Å². The molecular formula is C22H20BrNO5S. The Labute approximate surface area is 186 Å². The van der Waals surface area contributed by atoms with E-state index in [-0.39, 0.29) is 17.3 Å². The van der Waals surface area contributed by atoms with Crippen LogP contribution in [0.2, 0.25) is 0 Å². The molecule has 0 saturated carbocycles. The number of nitrogens with zero attached hydrogens (tertiary/aromatic N) is 1. The van der Waals surface area contributed by atoms with E-state index < -0.39 is 23.2 Å². The second kappa shape index (κ2) is 10.0. The molecule has 30 heavy (non-hydrogen) atoms. The molecule has 1 aliphatic heterocycles. The van der Waals surface area contributed by atoms with Gasteiger partial charge in [0.05, 0.1) is 5.25 Å². The summed E-state index contributed by atoms with van der Waals surface area (Å²) in [5.41, 5.74) is 0.828. The lowest BCUT2D eigenvalue weighted by molar-refractivity contribution is -0.148. The van der Waals surface area contributed by atoms with Gasteiger partial charge in [-0.15, -0.1) is 0 Å². The average molecular weight is 490 g/mol. The number of thioether (sulfide) groups is 1. The van der Waals surface area contributed by atoms with Gasteiger partial charge in [0, 0.05) is 28.6 Å². The van der Waals surface area contributed by atoms with Gasteiger partial charge in [0.2, 0.25) is 11.0 Å². The van der Waals surface area contributed by atoms with Gasteiger partial charge in [-0.1, -0.05) is 70.2 Å². The van der Waals surface area contributed by atoms with Crippen LogP contribution in [0.25, 0.3) is 0 Å². The zero-order valence-corrected chi connectivity index (χ0v) is 18.4. The molecule has 1 fully saturated rings. The third-order valence-electron chi connectivity index (χ3n) is 4.90. The summed E-state index contributed by atoms with van der Waals surface area (Å²) in [6, 6.07) is 14.4. The smallest absolute Gasteiger partial charge is 0.326 e. The number of benzene rings is 2. The molecule has 1 N–H and O–H groups in total. The van der Waals surface area contributed by atoms with E-state index in [2.05, 4.69) is 15.9 Å². The number of carbonyl (C=O) groups excluding carboxylic acids is 3. The predicted octanol–water partition coefficient (Wildman–Crippen LogP) is 4.04. The molecule has 1 amide bonds. The van der Waals surface area contributed by atoms with Crippen LogP contribution < -0.4 is 0 Å². The molecule has 2 aromatic carbocycles. The highest BCUT2D eigenvalue weighted by atomic mass is 79.9. The second-order valence-electron chi connectivity index (χ2n) is 6.92. The summed E-state index contributed by atoms with van der Waals surface area (Å²) in [5, 5.41) is 8.10. The number of amides is 1. The molecule has 0 spiro atoms. The van der Waals surface area contributed by atoms with Crippen molar-refractivity contribution in [2.75, 3.05) is 6.54 Å². The van der Waals surface area contributed by atoms with Gasteiger partial charge in [-0.2, -0.15) is 0 Å². The fourth-order valence-electron chi connectivity index (χ4n) is 3.36. The van der Waals surface area contributed by atoms with Gasteiger partial charge >= 0.3 is 5.97 Å². The first-order valence-electron chi connectivity index (χ1n) is 9.45. The van der Waals surface area contributed by atoms with E-state index >= 15 is 0 Å². The van der Waals surface area contributed by atoms with Gasteiger partial charge < -0.3 is 10.0 Å². The Balaban J connectivity index is 1.82. The van der Waals surface area contributed by atoms with Crippen LogP contribution in [0.5, 0.6) is 0 Å². The molecule has 0 aliphatic carbocycles. The predicted molar refractivity (Wildman–Crippen MR) is 118 cm³/mol. The lowest BCUT2D eigenvalue weighted by atomic mass is 10.1. The molecule has 2 aromatic rings. The van der Waals surface area contributed by atoms with Crippen molar-refractivity contribution < 1.29 is 24.3 Å². The van der Waals surface area contributed by atoms with Gasteiger partial charge in [0.25, 0.3) is 0 Å². The summed E-state index contributed by atoms with van der Waals surface area (Å²) < 4.78 is 0.807. The van der Waals surface area contributed by atoms with E-state index in [4.69, 9.17) is 0 Å². The zero-order valence-electron chi connectivity index (χ0n) is 16.0. The number of Topliss-reactive ketones (excluding diaryl/α,β-unsaturated/α-hetero) is 1. The zero-order chi connectivity index (χ0) is 21.7. The molecule has 0 radical (unpaired) electrons. The minimum atomic E-state index is -1.05. The minimum Gasteiger partial charge on any atom is -0.480 e. The SMILES string of the molecule is O=C(SC(CC(=O)N1CCCC1C(=O)O)C(=O)c1ccc(Br)cc1)c1ccccc1. The highest BCUT2D eigenvalue weighted by Gasteiger charge is 2.36. The fourth-order valence-corrected chi connectivity index (χ4v) is 4.62. The van der Waals surface area contributed by atoms with Gasteiger partial charge in [0.1, 0.15) is 6.04 Å². The Morgan fingerprint density at radius 3 is 2.33 bits per heavy atom. The van der Waals surface area contributed by atoms with Crippen molar-refractivity contribution in [1.82, 2.24) is 4.90 Å². The van der Waals surface area contributed by atoms with Crippen molar-refractivity contribution >= 4 is 50.5 Å². The average Bonchev–Trinajstić information content (AvgIpc) is 3.24. The Morgan fingerprint density at radius 1 is 1.03 bits per heavy atom.